The molecule has 1 unspecified atom stereocenters. The zero-order valence-electron chi connectivity index (χ0n) is 18.3. The average molecular weight is 423 g/mol. The molecule has 3 rings (SSSR count). The van der Waals surface area contributed by atoms with Crippen LogP contribution in [0.5, 0.6) is 5.75 Å². The molecule has 2 amide bonds. The molecule has 2 aromatic rings. The molecular formula is C25H30N2O4. The van der Waals surface area contributed by atoms with Gasteiger partial charge in [0.25, 0.3) is 0 Å². The molecule has 31 heavy (non-hydrogen) atoms. The first-order chi connectivity index (χ1) is 15.0. The Labute approximate surface area is 183 Å². The number of rotatable bonds is 9. The van der Waals surface area contributed by atoms with Gasteiger partial charge in [0.15, 0.2) is 0 Å². The number of allylic oxidation sites excluding steroid dienone is 1. The van der Waals surface area contributed by atoms with E-state index in [-0.39, 0.29) is 6.03 Å². The van der Waals surface area contributed by atoms with E-state index in [1.165, 1.54) is 0 Å². The summed E-state index contributed by atoms with van der Waals surface area (Å²) in [6.07, 6.45) is 1.90. The highest BCUT2D eigenvalue weighted by Gasteiger charge is 2.32. The molecule has 1 atom stereocenters. The summed E-state index contributed by atoms with van der Waals surface area (Å²) in [6, 6.07) is 16.4. The predicted molar refractivity (Wildman–Crippen MR) is 119 cm³/mol. The Kier molecular flexibility index (Phi) is 7.70. The average Bonchev–Trinajstić information content (AvgIpc) is 2.78. The van der Waals surface area contributed by atoms with Crippen LogP contribution < -0.4 is 15.4 Å². The van der Waals surface area contributed by atoms with Crippen LogP contribution in [-0.4, -0.2) is 18.6 Å². The van der Waals surface area contributed by atoms with E-state index < -0.39 is 12.0 Å². The Morgan fingerprint density at radius 1 is 1.03 bits per heavy atom. The van der Waals surface area contributed by atoms with E-state index >= 15 is 0 Å². The Morgan fingerprint density at radius 3 is 2.35 bits per heavy atom. The molecule has 6 nitrogen and oxygen atoms in total. The third-order valence-corrected chi connectivity index (χ3v) is 5.56. The van der Waals surface area contributed by atoms with Crippen LogP contribution in [0.3, 0.4) is 0 Å². The van der Waals surface area contributed by atoms with Crippen LogP contribution in [0.2, 0.25) is 0 Å². The lowest BCUT2D eigenvalue weighted by Gasteiger charge is -2.28. The lowest BCUT2D eigenvalue weighted by molar-refractivity contribution is -0.141. The molecule has 164 valence electrons. The maximum atomic E-state index is 12.9. The van der Waals surface area contributed by atoms with Gasteiger partial charge in [0.2, 0.25) is 0 Å². The minimum Gasteiger partial charge on any atom is -0.489 e. The SMILES string of the molecule is CCC(CC)COC(=O)C1=C(C)NC(=O)NC1c1ccc(OCc2ccccc2)cc1. The van der Waals surface area contributed by atoms with E-state index in [0.29, 0.717) is 36.2 Å². The number of hydrogen-bond acceptors (Lipinski definition) is 4. The highest BCUT2D eigenvalue weighted by molar-refractivity contribution is 5.95. The summed E-state index contributed by atoms with van der Waals surface area (Å²) in [5.41, 5.74) is 2.80. The zero-order chi connectivity index (χ0) is 22.2. The molecule has 0 aromatic heterocycles. The molecule has 2 N–H and O–H groups in total. The van der Waals surface area contributed by atoms with Gasteiger partial charge in [0.05, 0.1) is 18.2 Å². The zero-order valence-corrected chi connectivity index (χ0v) is 18.3. The topological polar surface area (TPSA) is 76.7 Å². The van der Waals surface area contributed by atoms with Crippen molar-refractivity contribution in [3.05, 3.63) is 77.0 Å². The number of esters is 1. The van der Waals surface area contributed by atoms with Crippen LogP contribution in [0.15, 0.2) is 65.9 Å². The Morgan fingerprint density at radius 2 is 1.71 bits per heavy atom. The molecule has 6 heteroatoms. The van der Waals surface area contributed by atoms with Crippen LogP contribution in [0.25, 0.3) is 0 Å². The van der Waals surface area contributed by atoms with Crippen LogP contribution in [-0.2, 0) is 16.1 Å². The van der Waals surface area contributed by atoms with Gasteiger partial charge >= 0.3 is 12.0 Å². The number of carbonyl (C=O) groups excluding carboxylic acids is 2. The minimum atomic E-state index is -0.578. The highest BCUT2D eigenvalue weighted by atomic mass is 16.5. The normalized spacial score (nSPS) is 16.0. The van der Waals surface area contributed by atoms with Gasteiger partial charge in [-0.15, -0.1) is 0 Å². The molecule has 1 aliphatic heterocycles. The van der Waals surface area contributed by atoms with Gasteiger partial charge in [-0.2, -0.15) is 0 Å². The van der Waals surface area contributed by atoms with Crippen molar-refractivity contribution in [2.45, 2.75) is 46.3 Å². The number of ether oxygens (including phenoxy) is 2. The van der Waals surface area contributed by atoms with Crippen molar-refractivity contribution in [2.24, 2.45) is 5.92 Å². The lowest BCUT2D eigenvalue weighted by atomic mass is 9.95. The Balaban J connectivity index is 1.73. The van der Waals surface area contributed by atoms with Crippen molar-refractivity contribution in [3.8, 4) is 5.75 Å². The lowest BCUT2D eigenvalue weighted by Crippen LogP contribution is -2.45. The number of carbonyl (C=O) groups is 2. The van der Waals surface area contributed by atoms with Gasteiger partial charge in [-0.3, -0.25) is 0 Å². The molecule has 0 radical (unpaired) electrons. The maximum absolute atomic E-state index is 12.9. The highest BCUT2D eigenvalue weighted by Crippen LogP contribution is 2.29. The predicted octanol–water partition coefficient (Wildman–Crippen LogP) is 4.87. The maximum Gasteiger partial charge on any atom is 0.338 e. The standard InChI is InChI=1S/C25H30N2O4/c1-4-18(5-2)15-31-24(28)22-17(3)26-25(29)27-23(22)20-11-13-21(14-12-20)30-16-19-9-7-6-8-10-19/h6-14,18,23H,4-5,15-16H2,1-3H3,(H2,26,27,29). The van der Waals surface area contributed by atoms with Gasteiger partial charge in [-0.05, 0) is 36.1 Å². The fourth-order valence-corrected chi connectivity index (χ4v) is 3.51. The monoisotopic (exact) mass is 422 g/mol. The third-order valence-electron chi connectivity index (χ3n) is 5.56. The summed E-state index contributed by atoms with van der Waals surface area (Å²) in [4.78, 5) is 24.9. The number of hydrogen-bond donors (Lipinski definition) is 2. The van der Waals surface area contributed by atoms with E-state index in [1.807, 2.05) is 54.6 Å². The summed E-state index contributed by atoms with van der Waals surface area (Å²) in [7, 11) is 0. The Hall–Kier alpha value is -3.28. The summed E-state index contributed by atoms with van der Waals surface area (Å²) < 4.78 is 11.4. The van der Waals surface area contributed by atoms with Crippen molar-refractivity contribution in [1.29, 1.82) is 0 Å². The number of nitrogens with one attached hydrogen (secondary N) is 2. The van der Waals surface area contributed by atoms with Crippen molar-refractivity contribution in [2.75, 3.05) is 6.61 Å². The van der Waals surface area contributed by atoms with E-state index in [4.69, 9.17) is 9.47 Å². The molecule has 0 saturated heterocycles. The summed E-state index contributed by atoms with van der Waals surface area (Å²) >= 11 is 0. The van der Waals surface area contributed by atoms with Crippen LogP contribution >= 0.6 is 0 Å². The van der Waals surface area contributed by atoms with E-state index in [1.54, 1.807) is 6.92 Å². The molecule has 0 fully saturated rings. The van der Waals surface area contributed by atoms with Crippen LogP contribution in [0.4, 0.5) is 4.79 Å². The smallest absolute Gasteiger partial charge is 0.338 e. The fourth-order valence-electron chi connectivity index (χ4n) is 3.51. The van der Waals surface area contributed by atoms with Crippen molar-refractivity contribution < 1.29 is 19.1 Å². The van der Waals surface area contributed by atoms with Crippen molar-refractivity contribution in [3.63, 3.8) is 0 Å². The molecule has 0 saturated carbocycles. The van der Waals surface area contributed by atoms with Crippen LogP contribution in [0.1, 0.15) is 50.8 Å². The van der Waals surface area contributed by atoms with Crippen molar-refractivity contribution in [1.82, 2.24) is 10.6 Å². The summed E-state index contributed by atoms with van der Waals surface area (Å²) in [5.74, 6) is 0.633. The fraction of sp³-hybridized carbons (Fsp3) is 0.360. The van der Waals surface area contributed by atoms with Gasteiger partial charge in [-0.25, -0.2) is 9.59 Å². The first-order valence-corrected chi connectivity index (χ1v) is 10.7. The Bertz CT molecular complexity index is 918. The summed E-state index contributed by atoms with van der Waals surface area (Å²) in [5, 5.41) is 5.52. The molecule has 0 bridgehead atoms. The third kappa shape index (κ3) is 5.87. The first kappa shape index (κ1) is 22.4. The molecule has 0 aliphatic carbocycles. The van der Waals surface area contributed by atoms with E-state index in [2.05, 4.69) is 24.5 Å². The second kappa shape index (κ2) is 10.7. The molecule has 2 aromatic carbocycles. The van der Waals surface area contributed by atoms with Gasteiger partial charge in [0, 0.05) is 5.70 Å². The first-order valence-electron chi connectivity index (χ1n) is 10.7. The number of urea groups is 1. The molecule has 1 aliphatic rings. The minimum absolute atomic E-state index is 0.329. The quantitative estimate of drug-likeness (QED) is 0.565. The molecule has 0 spiro atoms. The summed E-state index contributed by atoms with van der Waals surface area (Å²) in [6.45, 7) is 6.72. The van der Waals surface area contributed by atoms with Crippen LogP contribution in [0, 0.1) is 5.92 Å². The second-order valence-electron chi connectivity index (χ2n) is 7.69. The van der Waals surface area contributed by atoms with E-state index in [9.17, 15) is 9.59 Å². The number of amides is 2. The van der Waals surface area contributed by atoms with Gasteiger partial charge < -0.3 is 20.1 Å². The van der Waals surface area contributed by atoms with Crippen molar-refractivity contribution >= 4 is 12.0 Å². The largest absolute Gasteiger partial charge is 0.489 e. The number of benzene rings is 2. The second-order valence-corrected chi connectivity index (χ2v) is 7.69. The van der Waals surface area contributed by atoms with Gasteiger partial charge in [-0.1, -0.05) is 69.2 Å². The molecule has 1 heterocycles. The molecular weight excluding hydrogens is 392 g/mol. The van der Waals surface area contributed by atoms with Gasteiger partial charge in [0.1, 0.15) is 12.4 Å². The van der Waals surface area contributed by atoms with E-state index in [0.717, 1.165) is 24.0 Å².